The summed E-state index contributed by atoms with van der Waals surface area (Å²) in [6.07, 6.45) is -4.89. The Morgan fingerprint density at radius 1 is 1.20 bits per heavy atom. The van der Waals surface area contributed by atoms with Crippen LogP contribution >= 0.6 is 0 Å². The van der Waals surface area contributed by atoms with E-state index < -0.39 is 23.5 Å². The van der Waals surface area contributed by atoms with Crippen molar-refractivity contribution in [3.8, 4) is 0 Å². The van der Waals surface area contributed by atoms with Gasteiger partial charge in [0.25, 0.3) is 11.6 Å². The molecule has 3 heterocycles. The number of nitrogens with zero attached hydrogens (tertiary/aromatic N) is 3. The van der Waals surface area contributed by atoms with Crippen molar-refractivity contribution in [2.45, 2.75) is 13.1 Å². The fourth-order valence-electron chi connectivity index (χ4n) is 3.26. The monoisotopic (exact) mass is 424 g/mol. The largest absolute Gasteiger partial charge is 0.419 e. The Hall–Kier alpha value is -3.21. The van der Waals surface area contributed by atoms with E-state index in [1.165, 1.54) is 6.07 Å². The molecular weight excluding hydrogens is 408 g/mol. The van der Waals surface area contributed by atoms with Crippen LogP contribution in [0.25, 0.3) is 11.1 Å². The molecular formula is C19H16F4N4O3. The molecule has 0 spiro atoms. The number of carbonyl (C=O) groups is 1. The molecule has 1 N–H and O–H groups in total. The van der Waals surface area contributed by atoms with Crippen molar-refractivity contribution >= 4 is 28.4 Å². The summed E-state index contributed by atoms with van der Waals surface area (Å²) in [6.45, 7) is 3.92. The van der Waals surface area contributed by atoms with Crippen molar-refractivity contribution < 1.29 is 31.6 Å². The van der Waals surface area contributed by atoms with E-state index in [4.69, 9.17) is 9.26 Å². The van der Waals surface area contributed by atoms with E-state index in [0.29, 0.717) is 55.2 Å². The van der Waals surface area contributed by atoms with Crippen molar-refractivity contribution in [2.24, 2.45) is 0 Å². The average Bonchev–Trinajstić information content (AvgIpc) is 3.09. The van der Waals surface area contributed by atoms with Crippen molar-refractivity contribution in [3.63, 3.8) is 0 Å². The number of carbonyl (C=O) groups excluding carboxylic acids is 1. The van der Waals surface area contributed by atoms with Gasteiger partial charge in [-0.25, -0.2) is 9.37 Å². The highest BCUT2D eigenvalue weighted by atomic mass is 19.4. The van der Waals surface area contributed by atoms with E-state index >= 15 is 0 Å². The third kappa shape index (κ3) is 3.80. The summed E-state index contributed by atoms with van der Waals surface area (Å²) in [4.78, 5) is 18.8. The normalized spacial score (nSPS) is 14.9. The highest BCUT2D eigenvalue weighted by Crippen LogP contribution is 2.34. The zero-order valence-electron chi connectivity index (χ0n) is 15.7. The van der Waals surface area contributed by atoms with Crippen molar-refractivity contribution in [1.82, 2.24) is 10.1 Å². The quantitative estimate of drug-likeness (QED) is 0.645. The van der Waals surface area contributed by atoms with Crippen molar-refractivity contribution in [1.29, 1.82) is 0 Å². The summed E-state index contributed by atoms with van der Waals surface area (Å²) in [6, 6.07) is 3.76. The summed E-state index contributed by atoms with van der Waals surface area (Å²) in [7, 11) is 0. The van der Waals surface area contributed by atoms with Gasteiger partial charge in [0.05, 0.1) is 35.5 Å². The second kappa shape index (κ2) is 7.56. The van der Waals surface area contributed by atoms with Crippen LogP contribution in [0.15, 0.2) is 28.8 Å². The zero-order chi connectivity index (χ0) is 21.5. The van der Waals surface area contributed by atoms with Gasteiger partial charge in [-0.05, 0) is 31.2 Å². The smallest absolute Gasteiger partial charge is 0.378 e. The number of aromatic nitrogens is 2. The Labute approximate surface area is 167 Å². The van der Waals surface area contributed by atoms with Gasteiger partial charge in [-0.3, -0.25) is 4.79 Å². The number of aryl methyl sites for hydroxylation is 1. The maximum Gasteiger partial charge on any atom is 0.419 e. The molecule has 1 aromatic carbocycles. The molecule has 1 fully saturated rings. The number of ether oxygens (including phenoxy) is 1. The molecule has 1 saturated heterocycles. The van der Waals surface area contributed by atoms with Crippen LogP contribution in [0.2, 0.25) is 0 Å². The lowest BCUT2D eigenvalue weighted by Crippen LogP contribution is -2.36. The molecule has 2 aromatic heterocycles. The first kappa shape index (κ1) is 20.1. The number of fused-ring (bicyclic) bond motifs is 1. The van der Waals surface area contributed by atoms with Gasteiger partial charge in [-0.1, -0.05) is 5.16 Å². The van der Waals surface area contributed by atoms with Crippen LogP contribution < -0.4 is 10.2 Å². The van der Waals surface area contributed by atoms with Crippen LogP contribution in [0, 0.1) is 12.7 Å². The molecule has 0 unspecified atom stereocenters. The number of morpholine rings is 1. The number of rotatable bonds is 3. The summed E-state index contributed by atoms with van der Waals surface area (Å²) in [5.74, 6) is -2.19. The maximum atomic E-state index is 13.5. The average molecular weight is 424 g/mol. The molecule has 1 aliphatic rings. The highest BCUT2D eigenvalue weighted by molar-refractivity contribution is 6.06. The van der Waals surface area contributed by atoms with Crippen LogP contribution in [0.5, 0.6) is 0 Å². The molecule has 4 rings (SSSR count). The van der Waals surface area contributed by atoms with Gasteiger partial charge in [0, 0.05) is 18.8 Å². The third-order valence-electron chi connectivity index (χ3n) is 4.71. The lowest BCUT2D eigenvalue weighted by atomic mass is 10.1. The summed E-state index contributed by atoms with van der Waals surface area (Å²) < 4.78 is 62.8. The Kier molecular flexibility index (Phi) is 5.06. The topological polar surface area (TPSA) is 80.5 Å². The Morgan fingerprint density at radius 3 is 2.63 bits per heavy atom. The molecule has 7 nitrogen and oxygen atoms in total. The minimum atomic E-state index is -4.89. The first-order valence-corrected chi connectivity index (χ1v) is 9.02. The molecule has 0 bridgehead atoms. The highest BCUT2D eigenvalue weighted by Gasteiger charge is 2.34. The number of hydrogen-bond donors (Lipinski definition) is 1. The number of alkyl halides is 3. The standard InChI is InChI=1S/C19H16F4N4O3/c1-10-16-15(27-4-6-29-7-5-27)9-14(25-18(16)30-26-10)17(28)24-11-2-3-13(20)12(8-11)19(21,22)23/h2-3,8-9H,4-7H2,1H3,(H,24,28). The van der Waals surface area contributed by atoms with Gasteiger partial charge in [-0.2, -0.15) is 13.2 Å². The first-order chi connectivity index (χ1) is 14.2. The third-order valence-corrected chi connectivity index (χ3v) is 4.71. The summed E-state index contributed by atoms with van der Waals surface area (Å²) in [5.41, 5.74) is -0.350. The van der Waals surface area contributed by atoms with Gasteiger partial charge in [0.1, 0.15) is 11.5 Å². The Morgan fingerprint density at radius 2 is 1.93 bits per heavy atom. The minimum absolute atomic E-state index is 0.0713. The van der Waals surface area contributed by atoms with E-state index in [-0.39, 0.29) is 17.1 Å². The van der Waals surface area contributed by atoms with Crippen LogP contribution in [0.3, 0.4) is 0 Å². The lowest BCUT2D eigenvalue weighted by Gasteiger charge is -2.29. The Balaban J connectivity index is 1.69. The molecule has 3 aromatic rings. The fourth-order valence-corrected chi connectivity index (χ4v) is 3.26. The second-order valence-corrected chi connectivity index (χ2v) is 6.72. The predicted octanol–water partition coefficient (Wildman–Crippen LogP) is 3.78. The van der Waals surface area contributed by atoms with Gasteiger partial charge in [0.15, 0.2) is 0 Å². The minimum Gasteiger partial charge on any atom is -0.378 e. The number of pyridine rings is 1. The SMILES string of the molecule is Cc1noc2nc(C(=O)Nc3ccc(F)c(C(F)(F)F)c3)cc(N3CCOCC3)c12. The summed E-state index contributed by atoms with van der Waals surface area (Å²) in [5, 5.41) is 6.86. The Bertz CT molecular complexity index is 1110. The number of nitrogens with one attached hydrogen (secondary N) is 1. The van der Waals surface area contributed by atoms with Gasteiger partial charge in [0.2, 0.25) is 0 Å². The van der Waals surface area contributed by atoms with Gasteiger partial charge >= 0.3 is 6.18 Å². The van der Waals surface area contributed by atoms with E-state index in [0.717, 1.165) is 6.07 Å². The van der Waals surface area contributed by atoms with E-state index in [9.17, 15) is 22.4 Å². The number of benzene rings is 1. The summed E-state index contributed by atoms with van der Waals surface area (Å²) >= 11 is 0. The van der Waals surface area contributed by atoms with Gasteiger partial charge in [-0.15, -0.1) is 0 Å². The van der Waals surface area contributed by atoms with Gasteiger partial charge < -0.3 is 19.5 Å². The predicted molar refractivity (Wildman–Crippen MR) is 98.9 cm³/mol. The molecule has 0 atom stereocenters. The number of hydrogen-bond acceptors (Lipinski definition) is 6. The molecule has 0 radical (unpaired) electrons. The van der Waals surface area contributed by atoms with E-state index in [2.05, 4.69) is 15.5 Å². The molecule has 0 saturated carbocycles. The number of anilines is 2. The molecule has 0 aliphatic carbocycles. The van der Waals surface area contributed by atoms with Crippen LogP contribution in [-0.4, -0.2) is 42.4 Å². The lowest BCUT2D eigenvalue weighted by molar-refractivity contribution is -0.139. The van der Waals surface area contributed by atoms with Crippen molar-refractivity contribution in [2.75, 3.05) is 36.5 Å². The molecule has 1 aliphatic heterocycles. The zero-order valence-corrected chi connectivity index (χ0v) is 15.7. The van der Waals surface area contributed by atoms with Crippen molar-refractivity contribution in [3.05, 3.63) is 47.0 Å². The van der Waals surface area contributed by atoms with E-state index in [1.54, 1.807) is 6.92 Å². The van der Waals surface area contributed by atoms with E-state index in [1.807, 2.05) is 4.90 Å². The molecule has 30 heavy (non-hydrogen) atoms. The maximum absolute atomic E-state index is 13.5. The van der Waals surface area contributed by atoms with Crippen LogP contribution in [0.1, 0.15) is 21.7 Å². The molecule has 1 amide bonds. The van der Waals surface area contributed by atoms with Crippen LogP contribution in [-0.2, 0) is 10.9 Å². The number of amides is 1. The molecule has 158 valence electrons. The second-order valence-electron chi connectivity index (χ2n) is 6.72. The first-order valence-electron chi connectivity index (χ1n) is 9.02. The number of halogens is 4. The fraction of sp³-hybridized carbons (Fsp3) is 0.316. The van der Waals surface area contributed by atoms with Crippen LogP contribution in [0.4, 0.5) is 28.9 Å². The molecule has 11 heteroatoms.